The first kappa shape index (κ1) is 12.4. The molecule has 0 atom stereocenters. The Labute approximate surface area is 110 Å². The molecular weight excluding hydrogens is 252 g/mol. The van der Waals surface area contributed by atoms with Crippen LogP contribution in [-0.2, 0) is 6.54 Å². The van der Waals surface area contributed by atoms with Crippen LogP contribution in [0, 0.1) is 6.92 Å². The first-order chi connectivity index (χ1) is 8.65. The molecule has 2 rings (SSSR count). The summed E-state index contributed by atoms with van der Waals surface area (Å²) in [6, 6.07) is 5.09. The highest BCUT2D eigenvalue weighted by atomic mass is 35.5. The first-order valence-electron chi connectivity index (χ1n) is 5.44. The smallest absolute Gasteiger partial charge is 0.319 e. The summed E-state index contributed by atoms with van der Waals surface area (Å²) < 4.78 is 0. The van der Waals surface area contributed by atoms with Crippen LogP contribution in [0.25, 0.3) is 0 Å². The van der Waals surface area contributed by atoms with Crippen molar-refractivity contribution >= 4 is 23.3 Å². The van der Waals surface area contributed by atoms with Gasteiger partial charge in [0.2, 0.25) is 0 Å². The van der Waals surface area contributed by atoms with Crippen molar-refractivity contribution in [3.8, 4) is 0 Å². The summed E-state index contributed by atoms with van der Waals surface area (Å²) in [6.07, 6.45) is 3.38. The van der Waals surface area contributed by atoms with Crippen molar-refractivity contribution in [3.63, 3.8) is 0 Å². The molecule has 0 spiro atoms. The highest BCUT2D eigenvalue weighted by Crippen LogP contribution is 2.19. The number of carbonyl (C=O) groups is 1. The van der Waals surface area contributed by atoms with Gasteiger partial charge < -0.3 is 10.6 Å². The van der Waals surface area contributed by atoms with Crippen molar-refractivity contribution in [1.29, 1.82) is 0 Å². The van der Waals surface area contributed by atoms with Crippen molar-refractivity contribution < 1.29 is 4.79 Å². The first-order valence-corrected chi connectivity index (χ1v) is 5.81. The summed E-state index contributed by atoms with van der Waals surface area (Å²) in [6.45, 7) is 2.33. The van der Waals surface area contributed by atoms with Crippen molar-refractivity contribution in [3.05, 3.63) is 46.7 Å². The van der Waals surface area contributed by atoms with Gasteiger partial charge in [0, 0.05) is 29.0 Å². The Balaban J connectivity index is 1.88. The Morgan fingerprint density at radius 2 is 2.33 bits per heavy atom. The maximum atomic E-state index is 11.6. The molecule has 3 N–H and O–H groups in total. The number of hydrogen-bond acceptors (Lipinski definition) is 2. The molecule has 0 aliphatic rings. The molecule has 18 heavy (non-hydrogen) atoms. The molecule has 0 aliphatic heterocycles. The third-order valence-electron chi connectivity index (χ3n) is 2.44. The second kappa shape index (κ2) is 5.55. The number of urea groups is 1. The number of amides is 2. The molecule has 0 fully saturated rings. The second-order valence-corrected chi connectivity index (χ2v) is 4.29. The van der Waals surface area contributed by atoms with Gasteiger partial charge in [-0.2, -0.15) is 5.10 Å². The van der Waals surface area contributed by atoms with E-state index in [9.17, 15) is 4.79 Å². The van der Waals surface area contributed by atoms with Crippen LogP contribution in [0.2, 0.25) is 5.02 Å². The number of rotatable bonds is 3. The molecule has 0 aliphatic carbocycles. The maximum Gasteiger partial charge on any atom is 0.319 e. The molecule has 2 amide bonds. The SMILES string of the molecule is Cc1ccc(NC(=O)NCc2cn[nH]c2)cc1Cl. The number of anilines is 1. The number of aromatic amines is 1. The normalized spacial score (nSPS) is 10.1. The van der Waals surface area contributed by atoms with Gasteiger partial charge in [0.15, 0.2) is 0 Å². The van der Waals surface area contributed by atoms with Crippen LogP contribution in [0.15, 0.2) is 30.6 Å². The van der Waals surface area contributed by atoms with Crippen molar-refractivity contribution in [2.75, 3.05) is 5.32 Å². The Kier molecular flexibility index (Phi) is 3.84. The largest absolute Gasteiger partial charge is 0.334 e. The summed E-state index contributed by atoms with van der Waals surface area (Å²) in [4.78, 5) is 11.6. The van der Waals surface area contributed by atoms with E-state index in [0.29, 0.717) is 17.3 Å². The minimum atomic E-state index is -0.281. The highest BCUT2D eigenvalue weighted by Gasteiger charge is 2.03. The van der Waals surface area contributed by atoms with E-state index in [4.69, 9.17) is 11.6 Å². The predicted octanol–water partition coefficient (Wildman–Crippen LogP) is 2.69. The van der Waals surface area contributed by atoms with E-state index in [0.717, 1.165) is 11.1 Å². The number of hydrogen-bond donors (Lipinski definition) is 3. The van der Waals surface area contributed by atoms with Gasteiger partial charge in [-0.15, -0.1) is 0 Å². The average molecular weight is 265 g/mol. The predicted molar refractivity (Wildman–Crippen MR) is 70.6 cm³/mol. The van der Waals surface area contributed by atoms with Crippen LogP contribution in [0.4, 0.5) is 10.5 Å². The van der Waals surface area contributed by atoms with Gasteiger partial charge in [0.25, 0.3) is 0 Å². The number of halogens is 1. The fourth-order valence-corrected chi connectivity index (χ4v) is 1.58. The third-order valence-corrected chi connectivity index (χ3v) is 2.84. The Hall–Kier alpha value is -2.01. The van der Waals surface area contributed by atoms with Crippen LogP contribution in [0.1, 0.15) is 11.1 Å². The second-order valence-electron chi connectivity index (χ2n) is 3.88. The van der Waals surface area contributed by atoms with Gasteiger partial charge in [-0.25, -0.2) is 4.79 Å². The zero-order valence-corrected chi connectivity index (χ0v) is 10.6. The zero-order chi connectivity index (χ0) is 13.0. The lowest BCUT2D eigenvalue weighted by atomic mass is 10.2. The van der Waals surface area contributed by atoms with Gasteiger partial charge in [0.05, 0.1) is 6.20 Å². The van der Waals surface area contributed by atoms with Crippen LogP contribution < -0.4 is 10.6 Å². The summed E-state index contributed by atoms with van der Waals surface area (Å²) in [5.74, 6) is 0. The number of nitrogens with zero attached hydrogens (tertiary/aromatic N) is 1. The zero-order valence-electron chi connectivity index (χ0n) is 9.83. The van der Waals surface area contributed by atoms with Gasteiger partial charge >= 0.3 is 6.03 Å². The fourth-order valence-electron chi connectivity index (χ4n) is 1.40. The van der Waals surface area contributed by atoms with Crippen molar-refractivity contribution in [2.24, 2.45) is 0 Å². The van der Waals surface area contributed by atoms with E-state index in [-0.39, 0.29) is 6.03 Å². The summed E-state index contributed by atoms with van der Waals surface area (Å²) in [5.41, 5.74) is 2.54. The minimum absolute atomic E-state index is 0.281. The molecule has 1 aromatic heterocycles. The molecule has 0 saturated heterocycles. The standard InChI is InChI=1S/C12H13ClN4O/c1-8-2-3-10(4-11(8)13)17-12(18)14-5-9-6-15-16-7-9/h2-4,6-7H,5H2,1H3,(H,15,16)(H2,14,17,18). The van der Waals surface area contributed by atoms with Crippen molar-refractivity contribution in [1.82, 2.24) is 15.5 Å². The van der Waals surface area contributed by atoms with E-state index in [2.05, 4.69) is 20.8 Å². The lowest BCUT2D eigenvalue weighted by Gasteiger charge is -2.07. The molecule has 1 heterocycles. The third kappa shape index (κ3) is 3.24. The molecule has 2 aromatic rings. The Morgan fingerprint density at radius 3 is 3.00 bits per heavy atom. The van der Waals surface area contributed by atoms with E-state index in [1.807, 2.05) is 13.0 Å². The van der Waals surface area contributed by atoms with Gasteiger partial charge in [-0.05, 0) is 24.6 Å². The monoisotopic (exact) mass is 264 g/mol. The quantitative estimate of drug-likeness (QED) is 0.798. The molecule has 0 saturated carbocycles. The molecule has 5 nitrogen and oxygen atoms in total. The van der Waals surface area contributed by atoms with Crippen molar-refractivity contribution in [2.45, 2.75) is 13.5 Å². The lowest BCUT2D eigenvalue weighted by molar-refractivity contribution is 0.251. The molecule has 0 unspecified atom stereocenters. The number of nitrogens with one attached hydrogen (secondary N) is 3. The minimum Gasteiger partial charge on any atom is -0.334 e. The summed E-state index contributed by atoms with van der Waals surface area (Å²) in [5, 5.41) is 12.5. The molecule has 0 radical (unpaired) electrons. The summed E-state index contributed by atoms with van der Waals surface area (Å²) >= 11 is 5.97. The lowest BCUT2D eigenvalue weighted by Crippen LogP contribution is -2.28. The molecule has 0 bridgehead atoms. The number of H-pyrrole nitrogens is 1. The maximum absolute atomic E-state index is 11.6. The fraction of sp³-hybridized carbons (Fsp3) is 0.167. The number of benzene rings is 1. The molecule has 94 valence electrons. The molecule has 1 aromatic carbocycles. The van der Waals surface area contributed by atoms with E-state index in [1.165, 1.54) is 0 Å². The number of aromatic nitrogens is 2. The molecule has 6 heteroatoms. The Bertz CT molecular complexity index is 539. The average Bonchev–Trinajstić information content (AvgIpc) is 2.84. The highest BCUT2D eigenvalue weighted by molar-refractivity contribution is 6.31. The molecular formula is C12H13ClN4O. The van der Waals surface area contributed by atoms with Crippen LogP contribution in [0.3, 0.4) is 0 Å². The van der Waals surface area contributed by atoms with E-state index in [1.54, 1.807) is 24.5 Å². The van der Waals surface area contributed by atoms with Gasteiger partial charge in [0.1, 0.15) is 0 Å². The Morgan fingerprint density at radius 1 is 1.50 bits per heavy atom. The topological polar surface area (TPSA) is 69.8 Å². The number of aryl methyl sites for hydroxylation is 1. The van der Waals surface area contributed by atoms with E-state index >= 15 is 0 Å². The van der Waals surface area contributed by atoms with E-state index < -0.39 is 0 Å². The van der Waals surface area contributed by atoms with Crippen LogP contribution in [-0.4, -0.2) is 16.2 Å². The van der Waals surface area contributed by atoms with Crippen LogP contribution >= 0.6 is 11.6 Å². The van der Waals surface area contributed by atoms with Gasteiger partial charge in [-0.3, -0.25) is 5.10 Å². The van der Waals surface area contributed by atoms with Gasteiger partial charge in [-0.1, -0.05) is 17.7 Å². The summed E-state index contributed by atoms with van der Waals surface area (Å²) in [7, 11) is 0. The van der Waals surface area contributed by atoms with Crippen LogP contribution in [0.5, 0.6) is 0 Å². The number of carbonyl (C=O) groups excluding carboxylic acids is 1.